The van der Waals surface area contributed by atoms with Crippen LogP contribution in [0.1, 0.15) is 11.1 Å². The summed E-state index contributed by atoms with van der Waals surface area (Å²) in [5.74, 6) is -0.0465. The van der Waals surface area contributed by atoms with E-state index in [9.17, 15) is 13.2 Å². The maximum atomic E-state index is 13.1. The third-order valence-electron chi connectivity index (χ3n) is 4.84. The number of rotatable bonds is 8. The molecule has 0 unspecified atom stereocenters. The Hall–Kier alpha value is -2.29. The molecule has 0 heterocycles. The first-order valence-corrected chi connectivity index (χ1v) is 12.4. The lowest BCUT2D eigenvalue weighted by molar-refractivity contribution is -0.117. The average Bonchev–Trinajstić information content (AvgIpc) is 2.77. The fraction of sp³-hybridized carbons (Fsp3) is 0.174. The number of methoxy groups -OCH3 is 1. The van der Waals surface area contributed by atoms with Crippen molar-refractivity contribution in [3.05, 3.63) is 86.9 Å². The van der Waals surface area contributed by atoms with Crippen LogP contribution in [0.15, 0.2) is 65.6 Å². The van der Waals surface area contributed by atoms with Crippen LogP contribution in [-0.4, -0.2) is 27.5 Å². The highest BCUT2D eigenvalue weighted by molar-refractivity contribution is 7.89. The Morgan fingerprint density at radius 2 is 1.64 bits per heavy atom. The number of ether oxygens (including phenoxy) is 1. The molecule has 6 nitrogen and oxygen atoms in total. The Labute approximate surface area is 207 Å². The lowest BCUT2D eigenvalue weighted by Crippen LogP contribution is -2.45. The number of amides is 1. The molecule has 3 aromatic rings. The number of hydrogen-bond donors (Lipinski definition) is 2. The van der Waals surface area contributed by atoms with Crippen LogP contribution in [0.3, 0.4) is 0 Å². The average molecular weight is 528 g/mol. The highest BCUT2D eigenvalue weighted by Crippen LogP contribution is 2.32. The van der Waals surface area contributed by atoms with Crippen molar-refractivity contribution in [2.24, 2.45) is 0 Å². The van der Waals surface area contributed by atoms with E-state index < -0.39 is 22.0 Å². The molecule has 33 heavy (non-hydrogen) atoms. The zero-order valence-electron chi connectivity index (χ0n) is 17.7. The van der Waals surface area contributed by atoms with Gasteiger partial charge in [0.1, 0.15) is 11.8 Å². The second kappa shape index (κ2) is 10.8. The summed E-state index contributed by atoms with van der Waals surface area (Å²) in [6.07, 6.45) is 0.111. The Balaban J connectivity index is 1.91. The number of carbonyl (C=O) groups excluding carboxylic acids is 1. The molecular formula is C23H21Cl3N2O4S. The third-order valence-corrected chi connectivity index (χ3v) is 7.35. The summed E-state index contributed by atoms with van der Waals surface area (Å²) in [5.41, 5.74) is 1.63. The van der Waals surface area contributed by atoms with Gasteiger partial charge in [-0.3, -0.25) is 4.79 Å². The molecule has 1 atom stereocenters. The minimum Gasteiger partial charge on any atom is -0.496 e. The zero-order chi connectivity index (χ0) is 24.2. The van der Waals surface area contributed by atoms with Crippen molar-refractivity contribution >= 4 is 56.4 Å². The normalized spacial score (nSPS) is 12.3. The molecule has 0 saturated heterocycles. The molecule has 1 amide bonds. The van der Waals surface area contributed by atoms with Crippen LogP contribution in [0.2, 0.25) is 15.1 Å². The van der Waals surface area contributed by atoms with E-state index in [0.29, 0.717) is 11.3 Å². The maximum Gasteiger partial charge on any atom is 0.242 e. The first kappa shape index (κ1) is 25.3. The van der Waals surface area contributed by atoms with E-state index in [0.717, 1.165) is 5.56 Å². The van der Waals surface area contributed by atoms with Gasteiger partial charge in [-0.1, -0.05) is 65.1 Å². The summed E-state index contributed by atoms with van der Waals surface area (Å²) >= 11 is 18.2. The van der Waals surface area contributed by atoms with E-state index in [1.54, 1.807) is 25.1 Å². The summed E-state index contributed by atoms with van der Waals surface area (Å²) in [7, 11) is -2.53. The van der Waals surface area contributed by atoms with Crippen molar-refractivity contribution in [3.63, 3.8) is 0 Å². The fourth-order valence-corrected chi connectivity index (χ4v) is 5.02. The molecule has 0 aliphatic rings. The molecule has 10 heteroatoms. The summed E-state index contributed by atoms with van der Waals surface area (Å²) < 4.78 is 33.9. The number of hydrogen-bond acceptors (Lipinski definition) is 4. The van der Waals surface area contributed by atoms with Gasteiger partial charge in [-0.25, -0.2) is 8.42 Å². The Bertz CT molecular complexity index is 1270. The van der Waals surface area contributed by atoms with Crippen molar-refractivity contribution in [1.82, 2.24) is 4.72 Å². The molecule has 0 aliphatic carbocycles. The third kappa shape index (κ3) is 6.40. The van der Waals surface area contributed by atoms with Gasteiger partial charge in [0.05, 0.1) is 32.8 Å². The maximum absolute atomic E-state index is 13.1. The molecule has 2 N–H and O–H groups in total. The van der Waals surface area contributed by atoms with Crippen molar-refractivity contribution in [2.45, 2.75) is 24.3 Å². The van der Waals surface area contributed by atoms with Crippen LogP contribution in [0.4, 0.5) is 5.69 Å². The van der Waals surface area contributed by atoms with Crippen LogP contribution >= 0.6 is 34.8 Å². The number of sulfonamides is 1. The molecule has 0 aromatic heterocycles. The zero-order valence-corrected chi connectivity index (χ0v) is 20.8. The van der Waals surface area contributed by atoms with E-state index >= 15 is 0 Å². The Morgan fingerprint density at radius 1 is 0.970 bits per heavy atom. The minimum atomic E-state index is -4.04. The van der Waals surface area contributed by atoms with Crippen LogP contribution in [-0.2, 0) is 21.2 Å². The van der Waals surface area contributed by atoms with Crippen LogP contribution in [0, 0.1) is 6.92 Å². The van der Waals surface area contributed by atoms with Crippen LogP contribution < -0.4 is 14.8 Å². The van der Waals surface area contributed by atoms with Gasteiger partial charge in [-0.2, -0.15) is 4.72 Å². The second-order valence-electron chi connectivity index (χ2n) is 7.23. The highest BCUT2D eigenvalue weighted by Gasteiger charge is 2.27. The standard InChI is InChI=1S/C23H21Cl3N2O4S/c1-14-10-16(8-9-22(14)32-2)33(30,31)28-21(11-15-6-4-3-5-7-15)23(29)27-20-13-18(25)17(24)12-19(20)26/h3-10,12-13,21,28H,11H2,1-2H3,(H,27,29)/t21-/m0/s1. The predicted molar refractivity (Wildman–Crippen MR) is 132 cm³/mol. The molecule has 3 rings (SSSR count). The predicted octanol–water partition coefficient (Wildman–Crippen LogP) is 5.49. The van der Waals surface area contributed by atoms with Gasteiger partial charge in [-0.15, -0.1) is 0 Å². The summed E-state index contributed by atoms with van der Waals surface area (Å²) in [6, 6.07) is 15.2. The van der Waals surface area contributed by atoms with Crippen LogP contribution in [0.25, 0.3) is 0 Å². The molecule has 0 bridgehead atoms. The number of nitrogens with one attached hydrogen (secondary N) is 2. The molecule has 0 spiro atoms. The van der Waals surface area contributed by atoms with E-state index in [-0.39, 0.29) is 32.1 Å². The van der Waals surface area contributed by atoms with E-state index in [1.807, 2.05) is 18.2 Å². The van der Waals surface area contributed by atoms with Crippen molar-refractivity contribution in [1.29, 1.82) is 0 Å². The first-order valence-electron chi connectivity index (χ1n) is 9.77. The molecule has 0 radical (unpaired) electrons. The second-order valence-corrected chi connectivity index (χ2v) is 10.2. The molecule has 0 aliphatic heterocycles. The van der Waals surface area contributed by atoms with Crippen molar-refractivity contribution < 1.29 is 17.9 Å². The van der Waals surface area contributed by atoms with Gasteiger partial charge in [-0.05, 0) is 54.8 Å². The van der Waals surface area contributed by atoms with Gasteiger partial charge in [0, 0.05) is 0 Å². The smallest absolute Gasteiger partial charge is 0.242 e. The fourth-order valence-electron chi connectivity index (χ4n) is 3.15. The Morgan fingerprint density at radius 3 is 2.27 bits per heavy atom. The van der Waals surface area contributed by atoms with Gasteiger partial charge in [0.15, 0.2) is 0 Å². The number of benzene rings is 3. The Kier molecular flexibility index (Phi) is 8.26. The molecule has 174 valence electrons. The highest BCUT2D eigenvalue weighted by atomic mass is 35.5. The van der Waals surface area contributed by atoms with Gasteiger partial charge in [0.25, 0.3) is 0 Å². The number of carbonyl (C=O) groups is 1. The monoisotopic (exact) mass is 526 g/mol. The molecule has 0 fully saturated rings. The van der Waals surface area contributed by atoms with Gasteiger partial charge < -0.3 is 10.1 Å². The number of halogens is 3. The number of anilines is 1. The summed E-state index contributed by atoms with van der Waals surface area (Å²) in [5, 5.41) is 3.24. The van der Waals surface area contributed by atoms with Crippen LogP contribution in [0.5, 0.6) is 5.75 Å². The van der Waals surface area contributed by atoms with Crippen molar-refractivity contribution in [3.8, 4) is 5.75 Å². The number of aryl methyl sites for hydroxylation is 1. The minimum absolute atomic E-state index is 0.0132. The lowest BCUT2D eigenvalue weighted by atomic mass is 10.1. The summed E-state index contributed by atoms with van der Waals surface area (Å²) in [4.78, 5) is 13.2. The van der Waals surface area contributed by atoms with Gasteiger partial charge >= 0.3 is 0 Å². The molecule has 3 aromatic carbocycles. The SMILES string of the molecule is COc1ccc(S(=O)(=O)N[C@@H](Cc2ccccc2)C(=O)Nc2cc(Cl)c(Cl)cc2Cl)cc1C. The quantitative estimate of drug-likeness (QED) is 0.379. The molecular weight excluding hydrogens is 507 g/mol. The first-order chi connectivity index (χ1) is 15.6. The van der Waals surface area contributed by atoms with E-state index in [2.05, 4.69) is 10.0 Å². The van der Waals surface area contributed by atoms with E-state index in [4.69, 9.17) is 39.5 Å². The van der Waals surface area contributed by atoms with Crippen molar-refractivity contribution in [2.75, 3.05) is 12.4 Å². The topological polar surface area (TPSA) is 84.5 Å². The largest absolute Gasteiger partial charge is 0.496 e. The van der Waals surface area contributed by atoms with E-state index in [1.165, 1.54) is 31.4 Å². The summed E-state index contributed by atoms with van der Waals surface area (Å²) in [6.45, 7) is 1.73. The molecule has 0 saturated carbocycles. The lowest BCUT2D eigenvalue weighted by Gasteiger charge is -2.20. The van der Waals surface area contributed by atoms with Gasteiger partial charge in [0.2, 0.25) is 15.9 Å².